The number of hydrogen-bond donors (Lipinski definition) is 2. The highest BCUT2D eigenvalue weighted by atomic mass is 16.5. The van der Waals surface area contributed by atoms with Gasteiger partial charge in [-0.25, -0.2) is 4.79 Å². The summed E-state index contributed by atoms with van der Waals surface area (Å²) in [5.41, 5.74) is -0.942. The topological polar surface area (TPSA) is 58.6 Å². The number of hydrogen-bond acceptors (Lipinski definition) is 4. The molecule has 2 bridgehead atoms. The van der Waals surface area contributed by atoms with Crippen molar-refractivity contribution in [2.45, 2.75) is 58.6 Å². The maximum Gasteiger partial charge on any atom is 0.338 e. The lowest BCUT2D eigenvalue weighted by molar-refractivity contribution is -0.160. The molecule has 110 valence electrons. The van der Waals surface area contributed by atoms with Crippen LogP contribution in [0.5, 0.6) is 0 Å². The fourth-order valence-electron chi connectivity index (χ4n) is 4.40. The number of aliphatic hydroxyl groups is 1. The fraction of sp³-hybridized carbons (Fsp3) is 0.933. The fourth-order valence-corrected chi connectivity index (χ4v) is 4.40. The molecule has 4 heteroatoms. The van der Waals surface area contributed by atoms with Crippen LogP contribution in [0.4, 0.5) is 0 Å². The van der Waals surface area contributed by atoms with Crippen molar-refractivity contribution in [2.24, 2.45) is 16.7 Å². The van der Waals surface area contributed by atoms with E-state index in [2.05, 4.69) is 30.8 Å². The summed E-state index contributed by atoms with van der Waals surface area (Å²) >= 11 is 0. The van der Waals surface area contributed by atoms with Crippen molar-refractivity contribution in [2.75, 3.05) is 13.7 Å². The lowest BCUT2D eigenvalue weighted by Crippen LogP contribution is -2.56. The van der Waals surface area contributed by atoms with Crippen molar-refractivity contribution in [3.8, 4) is 0 Å². The predicted molar refractivity (Wildman–Crippen MR) is 73.7 cm³/mol. The van der Waals surface area contributed by atoms with Gasteiger partial charge < -0.3 is 15.2 Å². The molecule has 0 radical (unpaired) electrons. The van der Waals surface area contributed by atoms with Gasteiger partial charge >= 0.3 is 5.97 Å². The number of rotatable bonds is 4. The minimum absolute atomic E-state index is 0.221. The smallest absolute Gasteiger partial charge is 0.338 e. The van der Waals surface area contributed by atoms with E-state index in [-0.39, 0.29) is 12.0 Å². The number of ether oxygens (including phenoxy) is 1. The van der Waals surface area contributed by atoms with Crippen molar-refractivity contribution in [1.82, 2.24) is 5.32 Å². The second-order valence-electron chi connectivity index (χ2n) is 7.49. The van der Waals surface area contributed by atoms with Crippen LogP contribution in [0, 0.1) is 16.7 Å². The first kappa shape index (κ1) is 14.8. The Hall–Kier alpha value is -0.610. The number of fused-ring (bicyclic) bond motifs is 2. The Balaban J connectivity index is 2.05. The van der Waals surface area contributed by atoms with Gasteiger partial charge in [0, 0.05) is 12.6 Å². The van der Waals surface area contributed by atoms with E-state index in [9.17, 15) is 9.90 Å². The first-order valence-corrected chi connectivity index (χ1v) is 7.18. The van der Waals surface area contributed by atoms with E-state index in [1.807, 2.05) is 0 Å². The third-order valence-corrected chi connectivity index (χ3v) is 5.55. The molecule has 4 nitrogen and oxygen atoms in total. The van der Waals surface area contributed by atoms with Crippen LogP contribution in [-0.4, -0.2) is 36.4 Å². The minimum Gasteiger partial charge on any atom is -0.467 e. The molecule has 4 unspecified atom stereocenters. The molecule has 0 saturated heterocycles. The zero-order valence-electron chi connectivity index (χ0n) is 12.7. The number of carbonyl (C=O) groups is 1. The first-order valence-electron chi connectivity index (χ1n) is 7.18. The molecular weight excluding hydrogens is 242 g/mol. The molecular formula is C15H27NO3. The molecule has 0 aromatic heterocycles. The van der Waals surface area contributed by atoms with Crippen LogP contribution in [0.3, 0.4) is 0 Å². The van der Waals surface area contributed by atoms with E-state index in [1.165, 1.54) is 33.3 Å². The number of esters is 1. The van der Waals surface area contributed by atoms with Gasteiger partial charge in [-0.05, 0) is 42.9 Å². The van der Waals surface area contributed by atoms with Crippen LogP contribution in [-0.2, 0) is 9.53 Å². The van der Waals surface area contributed by atoms with Gasteiger partial charge in [0.15, 0.2) is 5.60 Å². The minimum atomic E-state index is -1.46. The van der Waals surface area contributed by atoms with Crippen molar-refractivity contribution < 1.29 is 14.6 Å². The number of methoxy groups -OCH3 is 1. The zero-order chi connectivity index (χ0) is 14.5. The van der Waals surface area contributed by atoms with E-state index in [1.54, 1.807) is 0 Å². The molecule has 0 amide bonds. The quantitative estimate of drug-likeness (QED) is 0.763. The van der Waals surface area contributed by atoms with E-state index in [0.717, 1.165) is 5.92 Å². The van der Waals surface area contributed by atoms with Crippen LogP contribution in [0.2, 0.25) is 0 Å². The Bertz CT molecular complexity index is 373. The second-order valence-corrected chi connectivity index (χ2v) is 7.49. The molecule has 2 fully saturated rings. The average molecular weight is 269 g/mol. The zero-order valence-corrected chi connectivity index (χ0v) is 12.7. The normalized spacial score (nSPS) is 39.1. The van der Waals surface area contributed by atoms with Gasteiger partial charge in [0.1, 0.15) is 0 Å². The average Bonchev–Trinajstić information content (AvgIpc) is 2.78. The standard InChI is InChI=1S/C15H27NO3/c1-13(2)10-6-7-14(3,8-10)11(13)16-9-15(4,18)12(17)19-5/h10-11,16,18H,6-9H2,1-5H3. The molecule has 19 heavy (non-hydrogen) atoms. The summed E-state index contributed by atoms with van der Waals surface area (Å²) in [4.78, 5) is 11.5. The van der Waals surface area contributed by atoms with Crippen LogP contribution in [0.25, 0.3) is 0 Å². The second kappa shape index (κ2) is 4.45. The number of carbonyl (C=O) groups excluding carboxylic acids is 1. The lowest BCUT2D eigenvalue weighted by Gasteiger charge is -2.44. The van der Waals surface area contributed by atoms with E-state index < -0.39 is 11.6 Å². The van der Waals surface area contributed by atoms with Crippen LogP contribution in [0.15, 0.2) is 0 Å². The van der Waals surface area contributed by atoms with Gasteiger partial charge in [-0.15, -0.1) is 0 Å². The summed E-state index contributed by atoms with van der Waals surface area (Å²) in [6.45, 7) is 8.68. The first-order chi connectivity index (χ1) is 8.63. The predicted octanol–water partition coefficient (Wildman–Crippen LogP) is 1.71. The molecule has 0 aliphatic heterocycles. The Morgan fingerprint density at radius 2 is 2.11 bits per heavy atom. The maximum atomic E-state index is 11.5. The number of nitrogens with one attached hydrogen (secondary N) is 1. The van der Waals surface area contributed by atoms with Gasteiger partial charge in [-0.3, -0.25) is 0 Å². The Kier molecular flexibility index (Phi) is 3.47. The molecule has 2 saturated carbocycles. The van der Waals surface area contributed by atoms with Crippen molar-refractivity contribution >= 4 is 5.97 Å². The highest BCUT2D eigenvalue weighted by Crippen LogP contribution is 2.62. The SMILES string of the molecule is COC(=O)C(C)(O)CNC1C2(C)CCC(C2)C1(C)C. The molecule has 2 rings (SSSR count). The molecule has 2 aliphatic rings. The highest BCUT2D eigenvalue weighted by Gasteiger charge is 2.59. The van der Waals surface area contributed by atoms with Crippen molar-refractivity contribution in [3.63, 3.8) is 0 Å². The van der Waals surface area contributed by atoms with Crippen molar-refractivity contribution in [1.29, 1.82) is 0 Å². The molecule has 0 spiro atoms. The third kappa shape index (κ3) is 2.29. The molecule has 2 N–H and O–H groups in total. The monoisotopic (exact) mass is 269 g/mol. The largest absolute Gasteiger partial charge is 0.467 e. The summed E-state index contributed by atoms with van der Waals surface area (Å²) in [7, 11) is 1.31. The van der Waals surface area contributed by atoms with Gasteiger partial charge in [-0.1, -0.05) is 20.8 Å². The van der Waals surface area contributed by atoms with Crippen LogP contribution < -0.4 is 5.32 Å². The van der Waals surface area contributed by atoms with Gasteiger partial charge in [0.05, 0.1) is 7.11 Å². The van der Waals surface area contributed by atoms with Gasteiger partial charge in [-0.2, -0.15) is 0 Å². The molecule has 0 aromatic rings. The molecule has 2 aliphatic carbocycles. The summed E-state index contributed by atoms with van der Waals surface area (Å²) in [5, 5.41) is 13.6. The Morgan fingerprint density at radius 3 is 2.58 bits per heavy atom. The van der Waals surface area contributed by atoms with E-state index in [4.69, 9.17) is 0 Å². The van der Waals surface area contributed by atoms with E-state index >= 15 is 0 Å². The molecule has 4 atom stereocenters. The Labute approximate surface area is 115 Å². The summed E-state index contributed by atoms with van der Waals surface area (Å²) in [6, 6.07) is 0.342. The summed E-state index contributed by atoms with van der Waals surface area (Å²) in [6.07, 6.45) is 3.78. The van der Waals surface area contributed by atoms with Crippen LogP contribution in [0.1, 0.15) is 47.0 Å². The van der Waals surface area contributed by atoms with Gasteiger partial charge in [0.25, 0.3) is 0 Å². The third-order valence-electron chi connectivity index (χ3n) is 5.55. The Morgan fingerprint density at radius 1 is 1.47 bits per heavy atom. The maximum absolute atomic E-state index is 11.5. The summed E-state index contributed by atoms with van der Waals surface area (Å²) in [5.74, 6) is 0.171. The molecule has 0 heterocycles. The van der Waals surface area contributed by atoms with E-state index in [0.29, 0.717) is 11.5 Å². The van der Waals surface area contributed by atoms with Crippen LogP contribution >= 0.6 is 0 Å². The highest BCUT2D eigenvalue weighted by molar-refractivity contribution is 5.78. The van der Waals surface area contributed by atoms with Crippen molar-refractivity contribution in [3.05, 3.63) is 0 Å². The molecule has 0 aromatic carbocycles. The van der Waals surface area contributed by atoms with Gasteiger partial charge in [0.2, 0.25) is 0 Å². The summed E-state index contributed by atoms with van der Waals surface area (Å²) < 4.78 is 4.64. The lowest BCUT2D eigenvalue weighted by atomic mass is 9.68.